The Hall–Kier alpha value is -3.86. The summed E-state index contributed by atoms with van der Waals surface area (Å²) in [6.45, 7) is 9.94. The quantitative estimate of drug-likeness (QED) is 0.306. The zero-order chi connectivity index (χ0) is 25.7. The molecule has 0 aliphatic rings. The van der Waals surface area contributed by atoms with Gasteiger partial charge >= 0.3 is 0 Å². The highest BCUT2D eigenvalue weighted by atomic mass is 19.2. The van der Waals surface area contributed by atoms with Crippen LogP contribution in [0, 0.1) is 18.6 Å². The number of benzene rings is 1. The van der Waals surface area contributed by atoms with Crippen LogP contribution in [0.4, 0.5) is 20.3 Å². The van der Waals surface area contributed by atoms with Gasteiger partial charge in [0.2, 0.25) is 5.91 Å². The minimum absolute atomic E-state index is 0.160. The van der Waals surface area contributed by atoms with Crippen molar-refractivity contribution in [3.8, 4) is 11.3 Å². The summed E-state index contributed by atoms with van der Waals surface area (Å²) in [6.07, 6.45) is 7.96. The molecule has 0 radical (unpaired) electrons. The fourth-order valence-electron chi connectivity index (χ4n) is 4.01. The van der Waals surface area contributed by atoms with Gasteiger partial charge in [-0.2, -0.15) is 5.10 Å². The molecule has 4 aromatic rings. The minimum atomic E-state index is -1.10. The fourth-order valence-corrected chi connectivity index (χ4v) is 4.01. The van der Waals surface area contributed by atoms with E-state index in [1.165, 1.54) is 16.8 Å². The minimum Gasteiger partial charge on any atom is -0.367 e. The van der Waals surface area contributed by atoms with Crippen molar-refractivity contribution in [2.75, 3.05) is 36.8 Å². The SMILES string of the molecule is CCN(CC)CCCNc1nc(C)cn2c(-c3cnn(CC(=O)Nc4cccc(F)c4F)c3)cnc12. The number of halogens is 2. The largest absolute Gasteiger partial charge is 0.367 e. The number of hydrogen-bond acceptors (Lipinski definition) is 6. The summed E-state index contributed by atoms with van der Waals surface area (Å²) in [6, 6.07) is 3.62. The molecule has 0 fully saturated rings. The third-order valence-corrected chi connectivity index (χ3v) is 5.91. The molecule has 0 spiro atoms. The first-order valence-corrected chi connectivity index (χ1v) is 12.0. The number of carbonyl (C=O) groups excluding carboxylic acids is 1. The first kappa shape index (κ1) is 25.2. The molecule has 0 aliphatic carbocycles. The van der Waals surface area contributed by atoms with E-state index in [0.29, 0.717) is 11.5 Å². The monoisotopic (exact) mass is 496 g/mol. The van der Waals surface area contributed by atoms with Gasteiger partial charge in [0.25, 0.3) is 0 Å². The van der Waals surface area contributed by atoms with Crippen LogP contribution in [0.3, 0.4) is 0 Å². The van der Waals surface area contributed by atoms with Crippen LogP contribution in [0.2, 0.25) is 0 Å². The number of hydrogen-bond donors (Lipinski definition) is 2. The summed E-state index contributed by atoms with van der Waals surface area (Å²) in [5.74, 6) is -1.93. The lowest BCUT2D eigenvalue weighted by atomic mass is 10.3. The number of amides is 1. The first-order valence-electron chi connectivity index (χ1n) is 12.0. The average Bonchev–Trinajstić information content (AvgIpc) is 3.48. The lowest BCUT2D eigenvalue weighted by molar-refractivity contribution is -0.116. The van der Waals surface area contributed by atoms with Crippen LogP contribution in [-0.2, 0) is 11.3 Å². The van der Waals surface area contributed by atoms with Crippen molar-refractivity contribution >= 4 is 23.1 Å². The highest BCUT2D eigenvalue weighted by Crippen LogP contribution is 2.24. The molecule has 3 heterocycles. The molecule has 36 heavy (non-hydrogen) atoms. The fraction of sp³-hybridized carbons (Fsp3) is 0.360. The van der Waals surface area contributed by atoms with Crippen LogP contribution in [0.15, 0.2) is 43.0 Å². The number of aryl methyl sites for hydroxylation is 1. The number of anilines is 2. The summed E-state index contributed by atoms with van der Waals surface area (Å²) >= 11 is 0. The van der Waals surface area contributed by atoms with E-state index in [2.05, 4.69) is 44.4 Å². The third-order valence-electron chi connectivity index (χ3n) is 5.91. The van der Waals surface area contributed by atoms with Crippen LogP contribution >= 0.6 is 0 Å². The van der Waals surface area contributed by atoms with Gasteiger partial charge < -0.3 is 15.5 Å². The van der Waals surface area contributed by atoms with E-state index < -0.39 is 17.5 Å². The molecule has 3 aromatic heterocycles. The van der Waals surface area contributed by atoms with Crippen molar-refractivity contribution in [2.24, 2.45) is 0 Å². The Morgan fingerprint density at radius 1 is 1.14 bits per heavy atom. The van der Waals surface area contributed by atoms with E-state index in [1.807, 2.05) is 17.5 Å². The second-order valence-electron chi connectivity index (χ2n) is 8.45. The van der Waals surface area contributed by atoms with Crippen molar-refractivity contribution in [3.05, 3.63) is 60.3 Å². The normalized spacial score (nSPS) is 11.4. The molecule has 0 atom stereocenters. The molecular weight excluding hydrogens is 466 g/mol. The molecule has 1 amide bonds. The summed E-state index contributed by atoms with van der Waals surface area (Å²) < 4.78 is 30.6. The van der Waals surface area contributed by atoms with Crippen LogP contribution < -0.4 is 10.6 Å². The number of nitrogens with zero attached hydrogens (tertiary/aromatic N) is 6. The van der Waals surface area contributed by atoms with Gasteiger partial charge in [-0.3, -0.25) is 13.9 Å². The number of rotatable bonds is 11. The smallest absolute Gasteiger partial charge is 0.246 e. The van der Waals surface area contributed by atoms with Crippen LogP contribution in [0.1, 0.15) is 26.0 Å². The number of imidazole rings is 1. The Kier molecular flexibility index (Phi) is 7.89. The molecule has 2 N–H and O–H groups in total. The Morgan fingerprint density at radius 3 is 2.72 bits per heavy atom. The van der Waals surface area contributed by atoms with Gasteiger partial charge in [-0.25, -0.2) is 18.7 Å². The summed E-state index contributed by atoms with van der Waals surface area (Å²) in [4.78, 5) is 23.9. The molecule has 190 valence electrons. The number of carbonyl (C=O) groups is 1. The maximum Gasteiger partial charge on any atom is 0.246 e. The van der Waals surface area contributed by atoms with Gasteiger partial charge in [-0.05, 0) is 45.1 Å². The lowest BCUT2D eigenvalue weighted by Crippen LogP contribution is -2.25. The second-order valence-corrected chi connectivity index (χ2v) is 8.45. The zero-order valence-corrected chi connectivity index (χ0v) is 20.6. The number of nitrogens with one attached hydrogen (secondary N) is 2. The number of fused-ring (bicyclic) bond motifs is 1. The van der Waals surface area contributed by atoms with E-state index in [0.717, 1.165) is 55.6 Å². The molecule has 0 aliphatic heterocycles. The molecule has 0 bridgehead atoms. The predicted octanol–water partition coefficient (Wildman–Crippen LogP) is 3.96. The van der Waals surface area contributed by atoms with Crippen LogP contribution in [0.25, 0.3) is 16.9 Å². The summed E-state index contributed by atoms with van der Waals surface area (Å²) in [5.41, 5.74) is 2.87. The van der Waals surface area contributed by atoms with E-state index in [9.17, 15) is 13.6 Å². The maximum atomic E-state index is 13.8. The van der Waals surface area contributed by atoms with Gasteiger partial charge in [0.1, 0.15) is 6.54 Å². The Labute approximate surface area is 208 Å². The lowest BCUT2D eigenvalue weighted by Gasteiger charge is -2.18. The van der Waals surface area contributed by atoms with Gasteiger partial charge in [-0.15, -0.1) is 0 Å². The Bertz CT molecular complexity index is 1350. The highest BCUT2D eigenvalue weighted by Gasteiger charge is 2.15. The van der Waals surface area contributed by atoms with E-state index in [1.54, 1.807) is 18.6 Å². The molecule has 4 rings (SSSR count). The molecule has 0 unspecified atom stereocenters. The van der Waals surface area contributed by atoms with Crippen molar-refractivity contribution < 1.29 is 13.6 Å². The first-order chi connectivity index (χ1) is 17.4. The zero-order valence-electron chi connectivity index (χ0n) is 20.6. The van der Waals surface area contributed by atoms with Crippen molar-refractivity contribution in [1.29, 1.82) is 0 Å². The summed E-state index contributed by atoms with van der Waals surface area (Å²) in [7, 11) is 0. The van der Waals surface area contributed by atoms with E-state index >= 15 is 0 Å². The van der Waals surface area contributed by atoms with Crippen molar-refractivity contribution in [3.63, 3.8) is 0 Å². The van der Waals surface area contributed by atoms with E-state index in [-0.39, 0.29) is 12.2 Å². The second kappa shape index (κ2) is 11.3. The molecule has 1 aromatic carbocycles. The molecular formula is C25H30F2N8O. The third kappa shape index (κ3) is 5.68. The standard InChI is InChI=1S/C25H30F2N8O/c1-4-33(5-2)11-7-10-28-24-25-29-13-21(35(25)14-17(3)31-24)18-12-30-34(15-18)16-22(36)32-20-9-6-8-19(26)23(20)27/h6,8-9,12-15H,4-5,7,10-11,16H2,1-3H3,(H,28,31)(H,32,36). The number of aromatic nitrogens is 5. The maximum absolute atomic E-state index is 13.8. The van der Waals surface area contributed by atoms with Crippen LogP contribution in [0.5, 0.6) is 0 Å². The van der Waals surface area contributed by atoms with Gasteiger partial charge in [-0.1, -0.05) is 19.9 Å². The summed E-state index contributed by atoms with van der Waals surface area (Å²) in [5, 5.41) is 10.0. The Morgan fingerprint density at radius 2 is 1.94 bits per heavy atom. The van der Waals surface area contributed by atoms with Gasteiger partial charge in [0.15, 0.2) is 23.1 Å². The van der Waals surface area contributed by atoms with Crippen molar-refractivity contribution in [2.45, 2.75) is 33.7 Å². The van der Waals surface area contributed by atoms with E-state index in [4.69, 9.17) is 0 Å². The predicted molar refractivity (Wildman–Crippen MR) is 135 cm³/mol. The molecule has 0 saturated carbocycles. The Balaban J connectivity index is 1.46. The molecule has 9 nitrogen and oxygen atoms in total. The average molecular weight is 497 g/mol. The molecule has 11 heteroatoms. The van der Waals surface area contributed by atoms with Gasteiger partial charge in [0.05, 0.1) is 29.5 Å². The highest BCUT2D eigenvalue weighted by molar-refractivity contribution is 5.90. The van der Waals surface area contributed by atoms with Crippen molar-refractivity contribution in [1.82, 2.24) is 29.0 Å². The van der Waals surface area contributed by atoms with Crippen LogP contribution in [-0.4, -0.2) is 61.1 Å². The topological polar surface area (TPSA) is 92.4 Å². The van der Waals surface area contributed by atoms with Gasteiger partial charge in [0, 0.05) is 24.5 Å². The molecule has 0 saturated heterocycles.